The van der Waals surface area contributed by atoms with Crippen LogP contribution in [-0.4, -0.2) is 15.9 Å². The Morgan fingerprint density at radius 3 is 2.56 bits per heavy atom. The van der Waals surface area contributed by atoms with E-state index in [1.54, 1.807) is 24.3 Å². The number of nitrogens with zero attached hydrogens (tertiary/aromatic N) is 2. The number of benzene rings is 2. The van der Waals surface area contributed by atoms with Crippen molar-refractivity contribution in [1.29, 1.82) is 0 Å². The second kappa shape index (κ2) is 8.37. The van der Waals surface area contributed by atoms with Gasteiger partial charge in [0.05, 0.1) is 6.04 Å². The number of rotatable bonds is 6. The van der Waals surface area contributed by atoms with Crippen LogP contribution in [0.2, 0.25) is 5.02 Å². The van der Waals surface area contributed by atoms with Crippen molar-refractivity contribution >= 4 is 34.8 Å². The maximum Gasteiger partial charge on any atom is 0.269 e. The van der Waals surface area contributed by atoms with E-state index in [1.807, 2.05) is 37.3 Å². The zero-order chi connectivity index (χ0) is 19.2. The number of anilines is 3. The van der Waals surface area contributed by atoms with E-state index in [0.29, 0.717) is 27.9 Å². The average molecular weight is 383 g/mol. The number of hydrogen-bond donors (Lipinski definition) is 4. The van der Waals surface area contributed by atoms with E-state index < -0.39 is 0 Å². The first-order valence-corrected chi connectivity index (χ1v) is 8.66. The van der Waals surface area contributed by atoms with Crippen LogP contribution in [0.5, 0.6) is 0 Å². The van der Waals surface area contributed by atoms with Gasteiger partial charge in [-0.3, -0.25) is 15.6 Å². The predicted octanol–water partition coefficient (Wildman–Crippen LogP) is 3.64. The normalized spacial score (nSPS) is 11.5. The van der Waals surface area contributed by atoms with Gasteiger partial charge in [-0.2, -0.15) is 0 Å². The summed E-state index contributed by atoms with van der Waals surface area (Å²) in [5.74, 6) is 0.409. The summed E-state index contributed by atoms with van der Waals surface area (Å²) in [6.07, 6.45) is 1.37. The number of carbonyl (C=O) groups is 1. The molecule has 1 amide bonds. The minimum atomic E-state index is -0.359. The number of carbonyl (C=O) groups excluding carboxylic acids is 1. The summed E-state index contributed by atoms with van der Waals surface area (Å²) in [5, 5.41) is 3.72. The highest BCUT2D eigenvalue weighted by molar-refractivity contribution is 6.30. The smallest absolute Gasteiger partial charge is 0.269 e. The average Bonchev–Trinajstić information content (AvgIpc) is 2.69. The van der Waals surface area contributed by atoms with Crippen molar-refractivity contribution in [2.45, 2.75) is 13.0 Å². The molecule has 0 saturated carbocycles. The summed E-state index contributed by atoms with van der Waals surface area (Å²) in [6.45, 7) is 2.00. The summed E-state index contributed by atoms with van der Waals surface area (Å²) in [6, 6.07) is 16.5. The van der Waals surface area contributed by atoms with Gasteiger partial charge in [0.15, 0.2) is 11.6 Å². The van der Waals surface area contributed by atoms with Crippen molar-refractivity contribution in [3.8, 4) is 0 Å². The fourth-order valence-electron chi connectivity index (χ4n) is 2.46. The number of halogens is 1. The molecule has 1 aromatic heterocycles. The lowest BCUT2D eigenvalue weighted by atomic mass is 10.1. The molecule has 7 nitrogen and oxygen atoms in total. The molecule has 0 saturated heterocycles. The van der Waals surface area contributed by atoms with Crippen LogP contribution in [0.1, 0.15) is 28.9 Å². The van der Waals surface area contributed by atoms with Crippen molar-refractivity contribution in [1.82, 2.24) is 15.4 Å². The number of hydrogen-bond acceptors (Lipinski definition) is 6. The quantitative estimate of drug-likeness (QED) is 0.485. The molecule has 138 valence electrons. The Hall–Kier alpha value is -3.32. The van der Waals surface area contributed by atoms with E-state index in [-0.39, 0.29) is 11.9 Å². The zero-order valence-corrected chi connectivity index (χ0v) is 15.4. The van der Waals surface area contributed by atoms with Crippen molar-refractivity contribution in [2.75, 3.05) is 16.5 Å². The Morgan fingerprint density at radius 1 is 1.07 bits per heavy atom. The highest BCUT2D eigenvalue weighted by Gasteiger charge is 2.13. The van der Waals surface area contributed by atoms with Crippen LogP contribution in [0.3, 0.4) is 0 Å². The van der Waals surface area contributed by atoms with Crippen molar-refractivity contribution < 1.29 is 4.79 Å². The number of aromatic nitrogens is 2. The molecule has 1 heterocycles. The van der Waals surface area contributed by atoms with Crippen LogP contribution in [0.15, 0.2) is 60.9 Å². The Morgan fingerprint density at radius 2 is 1.81 bits per heavy atom. The number of amides is 1. The van der Waals surface area contributed by atoms with Crippen LogP contribution < -0.4 is 21.9 Å². The van der Waals surface area contributed by atoms with Crippen LogP contribution in [-0.2, 0) is 0 Å². The van der Waals surface area contributed by atoms with E-state index >= 15 is 0 Å². The third-order valence-corrected chi connectivity index (χ3v) is 4.15. The van der Waals surface area contributed by atoms with Gasteiger partial charge in [-0.1, -0.05) is 48.0 Å². The van der Waals surface area contributed by atoms with Crippen LogP contribution in [0.25, 0.3) is 0 Å². The summed E-state index contributed by atoms with van der Waals surface area (Å²) < 4.78 is 0. The van der Waals surface area contributed by atoms with Gasteiger partial charge < -0.3 is 11.1 Å². The number of nitrogens with two attached hydrogens (primary N) is 1. The zero-order valence-electron chi connectivity index (χ0n) is 14.6. The highest BCUT2D eigenvalue weighted by Crippen LogP contribution is 2.26. The van der Waals surface area contributed by atoms with Gasteiger partial charge in [0, 0.05) is 10.6 Å². The minimum absolute atomic E-state index is 0.00250. The number of hydrazine groups is 1. The SMILES string of the molecule is CC(Nc1ncnc(NNC(=O)c2cccc(Cl)c2)c1N)c1ccccc1. The molecule has 5 N–H and O–H groups in total. The summed E-state index contributed by atoms with van der Waals surface area (Å²) >= 11 is 5.90. The third kappa shape index (κ3) is 4.65. The largest absolute Gasteiger partial charge is 0.393 e. The second-order valence-electron chi connectivity index (χ2n) is 5.85. The molecule has 8 heteroatoms. The topological polar surface area (TPSA) is 105 Å². The maximum absolute atomic E-state index is 12.2. The molecular weight excluding hydrogens is 364 g/mol. The number of nitrogen functional groups attached to an aromatic ring is 1. The van der Waals surface area contributed by atoms with Crippen molar-refractivity contribution in [3.05, 3.63) is 77.1 Å². The first-order valence-electron chi connectivity index (χ1n) is 8.28. The lowest BCUT2D eigenvalue weighted by molar-refractivity contribution is 0.0962. The van der Waals surface area contributed by atoms with E-state index in [1.165, 1.54) is 6.33 Å². The standard InChI is InChI=1S/C19H19ClN6O/c1-12(13-6-3-2-4-7-13)24-17-16(21)18(23-11-22-17)25-26-19(27)14-8-5-9-15(20)10-14/h2-12H,21H2,1H3,(H,26,27)(H2,22,23,24,25). The van der Waals surface area contributed by atoms with E-state index in [9.17, 15) is 4.79 Å². The summed E-state index contributed by atoms with van der Waals surface area (Å²) in [4.78, 5) is 20.5. The Kier molecular flexibility index (Phi) is 5.73. The molecule has 0 radical (unpaired) electrons. The molecule has 2 aromatic carbocycles. The van der Waals surface area contributed by atoms with Crippen molar-refractivity contribution in [3.63, 3.8) is 0 Å². The Balaban J connectivity index is 1.68. The molecule has 0 fully saturated rings. The molecule has 0 aliphatic heterocycles. The summed E-state index contributed by atoms with van der Waals surface area (Å²) in [7, 11) is 0. The predicted molar refractivity (Wildman–Crippen MR) is 107 cm³/mol. The Bertz CT molecular complexity index is 934. The summed E-state index contributed by atoms with van der Waals surface area (Å²) in [5.41, 5.74) is 13.2. The highest BCUT2D eigenvalue weighted by atomic mass is 35.5. The fraction of sp³-hybridized carbons (Fsp3) is 0.105. The van der Waals surface area contributed by atoms with E-state index in [4.69, 9.17) is 17.3 Å². The lowest BCUT2D eigenvalue weighted by Gasteiger charge is -2.17. The van der Waals surface area contributed by atoms with Gasteiger partial charge in [-0.05, 0) is 30.7 Å². The third-order valence-electron chi connectivity index (χ3n) is 3.92. The number of nitrogens with one attached hydrogen (secondary N) is 3. The maximum atomic E-state index is 12.2. The molecule has 0 spiro atoms. The molecule has 27 heavy (non-hydrogen) atoms. The first kappa shape index (κ1) is 18.5. The van der Waals surface area contributed by atoms with Gasteiger partial charge in [0.2, 0.25) is 0 Å². The first-order chi connectivity index (χ1) is 13.0. The molecule has 3 rings (SSSR count). The Labute approximate surface area is 162 Å². The van der Waals surface area contributed by atoms with Gasteiger partial charge in [0.25, 0.3) is 5.91 Å². The van der Waals surface area contributed by atoms with Gasteiger partial charge >= 0.3 is 0 Å². The fourth-order valence-corrected chi connectivity index (χ4v) is 2.65. The van der Waals surface area contributed by atoms with E-state index in [0.717, 1.165) is 5.56 Å². The molecular formula is C19H19ClN6O. The molecule has 3 aromatic rings. The minimum Gasteiger partial charge on any atom is -0.393 e. The molecule has 0 aliphatic rings. The van der Waals surface area contributed by atoms with E-state index in [2.05, 4.69) is 26.1 Å². The molecule has 1 unspecified atom stereocenters. The lowest BCUT2D eigenvalue weighted by Crippen LogP contribution is -2.30. The van der Waals surface area contributed by atoms with Crippen molar-refractivity contribution in [2.24, 2.45) is 0 Å². The van der Waals surface area contributed by atoms with Gasteiger partial charge in [0.1, 0.15) is 12.0 Å². The monoisotopic (exact) mass is 382 g/mol. The van der Waals surface area contributed by atoms with Crippen LogP contribution >= 0.6 is 11.6 Å². The second-order valence-corrected chi connectivity index (χ2v) is 6.29. The molecule has 1 atom stereocenters. The van der Waals surface area contributed by atoms with Gasteiger partial charge in [-0.25, -0.2) is 9.97 Å². The molecule has 0 bridgehead atoms. The molecule has 0 aliphatic carbocycles. The van der Waals surface area contributed by atoms with Crippen LogP contribution in [0.4, 0.5) is 17.3 Å². The van der Waals surface area contributed by atoms with Gasteiger partial charge in [-0.15, -0.1) is 0 Å². The van der Waals surface area contributed by atoms with Crippen LogP contribution in [0, 0.1) is 0 Å².